The summed E-state index contributed by atoms with van der Waals surface area (Å²) in [5.74, 6) is 0.639. The fourth-order valence-electron chi connectivity index (χ4n) is 2.68. The molecule has 1 saturated carbocycles. The summed E-state index contributed by atoms with van der Waals surface area (Å²) in [6, 6.07) is 4.07. The molecule has 1 aromatic rings. The van der Waals surface area contributed by atoms with Crippen molar-refractivity contribution in [2.75, 3.05) is 19.6 Å². The Hall–Kier alpha value is -1.00. The van der Waals surface area contributed by atoms with Crippen molar-refractivity contribution in [1.82, 2.24) is 15.2 Å². The lowest BCUT2D eigenvalue weighted by Gasteiger charge is -2.28. The predicted octanol–water partition coefficient (Wildman–Crippen LogP) is 3.38. The molecule has 1 N–H and O–H groups in total. The van der Waals surface area contributed by atoms with Crippen LogP contribution in [0.5, 0.6) is 0 Å². The van der Waals surface area contributed by atoms with E-state index in [4.69, 9.17) is 0 Å². The highest BCUT2D eigenvalue weighted by Gasteiger charge is 2.26. The van der Waals surface area contributed by atoms with Crippen LogP contribution in [0.3, 0.4) is 0 Å². The van der Waals surface area contributed by atoms with E-state index < -0.39 is 0 Å². The van der Waals surface area contributed by atoms with Crippen LogP contribution < -0.4 is 5.32 Å². The van der Waals surface area contributed by atoms with E-state index in [2.05, 4.69) is 36.0 Å². The minimum atomic E-state index is -0.272. The Balaban J connectivity index is 1.92. The van der Waals surface area contributed by atoms with Crippen LogP contribution >= 0.6 is 0 Å². The maximum absolute atomic E-state index is 13.0. The zero-order valence-electron chi connectivity index (χ0n) is 13.5. The molecule has 1 aromatic heterocycles. The van der Waals surface area contributed by atoms with Gasteiger partial charge in [-0.15, -0.1) is 0 Å². The van der Waals surface area contributed by atoms with Crippen LogP contribution in [0, 0.1) is 11.7 Å². The van der Waals surface area contributed by atoms with Gasteiger partial charge in [-0.25, -0.2) is 4.39 Å². The number of aromatic nitrogens is 1. The van der Waals surface area contributed by atoms with E-state index in [9.17, 15) is 4.39 Å². The zero-order valence-corrected chi connectivity index (χ0v) is 13.5. The number of nitrogens with zero attached hydrogens (tertiary/aromatic N) is 2. The summed E-state index contributed by atoms with van der Waals surface area (Å²) in [6.45, 7) is 9.80. The lowest BCUT2D eigenvalue weighted by Crippen LogP contribution is -2.36. The van der Waals surface area contributed by atoms with E-state index in [0.717, 1.165) is 31.1 Å². The highest BCUT2D eigenvalue weighted by atomic mass is 19.1. The normalized spacial score (nSPS) is 16.7. The molecule has 0 spiro atoms. The van der Waals surface area contributed by atoms with Gasteiger partial charge in [-0.2, -0.15) is 0 Å². The lowest BCUT2D eigenvalue weighted by atomic mass is 10.1. The Morgan fingerprint density at radius 1 is 1.38 bits per heavy atom. The highest BCUT2D eigenvalue weighted by Crippen LogP contribution is 2.30. The van der Waals surface area contributed by atoms with Gasteiger partial charge in [0.05, 0.1) is 17.9 Å². The minimum absolute atomic E-state index is 0.205. The van der Waals surface area contributed by atoms with Gasteiger partial charge in [-0.3, -0.25) is 4.98 Å². The van der Waals surface area contributed by atoms with E-state index >= 15 is 0 Å². The first-order valence-electron chi connectivity index (χ1n) is 8.19. The molecule has 1 unspecified atom stereocenters. The third-order valence-corrected chi connectivity index (χ3v) is 4.18. The molecule has 3 nitrogen and oxygen atoms in total. The Bertz CT molecular complexity index is 415. The number of hydrogen-bond donors (Lipinski definition) is 1. The quantitative estimate of drug-likeness (QED) is 0.756. The number of pyridine rings is 1. The van der Waals surface area contributed by atoms with Crippen molar-refractivity contribution in [1.29, 1.82) is 0 Å². The number of nitrogens with one attached hydrogen (secondary N) is 1. The molecule has 4 heteroatoms. The van der Waals surface area contributed by atoms with E-state index in [-0.39, 0.29) is 11.9 Å². The van der Waals surface area contributed by atoms with Crippen LogP contribution in [0.15, 0.2) is 18.3 Å². The first-order chi connectivity index (χ1) is 10.1. The predicted molar refractivity (Wildman–Crippen MR) is 84.7 cm³/mol. The molecule has 0 saturated heterocycles. The summed E-state index contributed by atoms with van der Waals surface area (Å²) >= 11 is 0. The SMILES string of the molecule is CCNC(CCN(CC1CC1)C(C)C)c1ccc(F)cn1. The van der Waals surface area contributed by atoms with Gasteiger partial charge in [0, 0.05) is 19.1 Å². The van der Waals surface area contributed by atoms with Gasteiger partial charge in [0.1, 0.15) is 5.82 Å². The van der Waals surface area contributed by atoms with E-state index in [1.165, 1.54) is 31.6 Å². The van der Waals surface area contributed by atoms with Crippen molar-refractivity contribution in [2.24, 2.45) is 5.92 Å². The fourth-order valence-corrected chi connectivity index (χ4v) is 2.68. The van der Waals surface area contributed by atoms with Gasteiger partial charge >= 0.3 is 0 Å². The smallest absolute Gasteiger partial charge is 0.141 e. The first kappa shape index (κ1) is 16.4. The zero-order chi connectivity index (χ0) is 15.2. The standard InChI is InChI=1S/C17H28FN3/c1-4-19-17(16-8-7-15(18)11-20-16)9-10-21(13(2)3)12-14-5-6-14/h7-8,11,13-14,17,19H,4-6,9-10,12H2,1-3H3. The van der Waals surface area contributed by atoms with Crippen LogP contribution in [0.25, 0.3) is 0 Å². The molecule has 0 aliphatic heterocycles. The fraction of sp³-hybridized carbons (Fsp3) is 0.706. The maximum Gasteiger partial charge on any atom is 0.141 e. The molecule has 1 aliphatic carbocycles. The largest absolute Gasteiger partial charge is 0.309 e. The summed E-state index contributed by atoms with van der Waals surface area (Å²) in [5, 5.41) is 3.47. The van der Waals surface area contributed by atoms with Gasteiger partial charge < -0.3 is 10.2 Å². The highest BCUT2D eigenvalue weighted by molar-refractivity contribution is 5.10. The van der Waals surface area contributed by atoms with Crippen molar-refractivity contribution in [2.45, 2.75) is 52.1 Å². The number of hydrogen-bond acceptors (Lipinski definition) is 3. The average molecular weight is 293 g/mol. The van der Waals surface area contributed by atoms with Gasteiger partial charge in [0.15, 0.2) is 0 Å². The topological polar surface area (TPSA) is 28.2 Å². The summed E-state index contributed by atoms with van der Waals surface area (Å²) < 4.78 is 13.0. The molecule has 0 aromatic carbocycles. The molecule has 1 fully saturated rings. The summed E-state index contributed by atoms with van der Waals surface area (Å²) in [7, 11) is 0. The second-order valence-electron chi connectivity index (χ2n) is 6.33. The maximum atomic E-state index is 13.0. The van der Waals surface area contributed by atoms with Crippen LogP contribution in [0.2, 0.25) is 0 Å². The van der Waals surface area contributed by atoms with Gasteiger partial charge in [-0.1, -0.05) is 6.92 Å². The molecule has 118 valence electrons. The second kappa shape index (κ2) is 7.85. The monoisotopic (exact) mass is 293 g/mol. The molecule has 2 rings (SSSR count). The molecule has 0 radical (unpaired) electrons. The van der Waals surface area contributed by atoms with Gasteiger partial charge in [0.2, 0.25) is 0 Å². The summed E-state index contributed by atoms with van der Waals surface area (Å²) in [4.78, 5) is 6.80. The molecule has 0 bridgehead atoms. The van der Waals surface area contributed by atoms with E-state index in [0.29, 0.717) is 6.04 Å². The van der Waals surface area contributed by atoms with Crippen molar-refractivity contribution in [3.05, 3.63) is 29.8 Å². The Morgan fingerprint density at radius 3 is 2.67 bits per heavy atom. The van der Waals surface area contributed by atoms with E-state index in [1.807, 2.05) is 0 Å². The van der Waals surface area contributed by atoms with Crippen LogP contribution in [0.1, 0.15) is 51.8 Å². The average Bonchev–Trinajstić information content (AvgIpc) is 3.26. The molecule has 1 heterocycles. The van der Waals surface area contributed by atoms with Crippen molar-refractivity contribution in [3.8, 4) is 0 Å². The summed E-state index contributed by atoms with van der Waals surface area (Å²) in [5.41, 5.74) is 0.938. The molecular formula is C17H28FN3. The molecular weight excluding hydrogens is 265 g/mol. The van der Waals surface area contributed by atoms with Gasteiger partial charge in [-0.05, 0) is 57.7 Å². The minimum Gasteiger partial charge on any atom is -0.309 e. The van der Waals surface area contributed by atoms with Crippen LogP contribution in [-0.4, -0.2) is 35.6 Å². The third kappa shape index (κ3) is 5.36. The van der Waals surface area contributed by atoms with E-state index in [1.54, 1.807) is 6.07 Å². The molecule has 1 aliphatic rings. The number of rotatable bonds is 9. The molecule has 1 atom stereocenters. The Morgan fingerprint density at radius 2 is 2.14 bits per heavy atom. The Labute approximate surface area is 127 Å². The summed E-state index contributed by atoms with van der Waals surface area (Å²) in [6.07, 6.45) is 5.10. The second-order valence-corrected chi connectivity index (χ2v) is 6.33. The van der Waals surface area contributed by atoms with Crippen LogP contribution in [0.4, 0.5) is 4.39 Å². The van der Waals surface area contributed by atoms with Crippen molar-refractivity contribution >= 4 is 0 Å². The van der Waals surface area contributed by atoms with Crippen molar-refractivity contribution < 1.29 is 4.39 Å². The molecule has 0 amide bonds. The first-order valence-corrected chi connectivity index (χ1v) is 8.19. The van der Waals surface area contributed by atoms with Gasteiger partial charge in [0.25, 0.3) is 0 Å². The van der Waals surface area contributed by atoms with Crippen LogP contribution in [-0.2, 0) is 0 Å². The molecule has 21 heavy (non-hydrogen) atoms. The Kier molecular flexibility index (Phi) is 6.12. The number of halogens is 1. The third-order valence-electron chi connectivity index (χ3n) is 4.18. The van der Waals surface area contributed by atoms with Crippen molar-refractivity contribution in [3.63, 3.8) is 0 Å². The lowest BCUT2D eigenvalue weighted by molar-refractivity contribution is 0.201.